The van der Waals surface area contributed by atoms with Crippen LogP contribution in [0.5, 0.6) is 0 Å². The molecule has 0 atom stereocenters. The summed E-state index contributed by atoms with van der Waals surface area (Å²) >= 11 is 0. The van der Waals surface area contributed by atoms with Crippen LogP contribution < -0.4 is 0 Å². The van der Waals surface area contributed by atoms with Gasteiger partial charge in [0.2, 0.25) is 0 Å². The van der Waals surface area contributed by atoms with E-state index in [2.05, 4.69) is 11.9 Å². The van der Waals surface area contributed by atoms with Crippen molar-refractivity contribution < 1.29 is 9.84 Å². The Morgan fingerprint density at radius 3 is 2.50 bits per heavy atom. The topological polar surface area (TPSA) is 32.7 Å². The normalized spacial score (nSPS) is 17.8. The number of aliphatic hydroxyl groups is 1. The lowest BCUT2D eigenvalue weighted by molar-refractivity contribution is 0.333. The number of methoxy groups -OCH3 is 1. The molecule has 3 heteroatoms. The molecule has 0 bridgehead atoms. The zero-order chi connectivity index (χ0) is 12.4. The Bertz CT molecular complexity index is 267. The molecule has 0 aliphatic carbocycles. The van der Waals surface area contributed by atoms with Crippen molar-refractivity contribution in [2.45, 2.75) is 20.3 Å². The first-order valence-electron chi connectivity index (χ1n) is 5.68. The van der Waals surface area contributed by atoms with E-state index in [4.69, 9.17) is 9.84 Å². The standard InChI is InChI=1S/C11H17NO2.C2H6/c1-12-6-3-10(4-7-13)11(9-12)5-8-14-2;1-2/h4-5,7-8,13H,3,6,9H2,1-2H3;1-2H3/b7-4+,8-5+;. The number of nitrogens with zero attached hydrogens (tertiary/aromatic N) is 1. The van der Waals surface area contributed by atoms with Crippen molar-refractivity contribution in [3.05, 3.63) is 35.8 Å². The van der Waals surface area contributed by atoms with Gasteiger partial charge in [0.1, 0.15) is 0 Å². The van der Waals surface area contributed by atoms with Crippen molar-refractivity contribution in [1.29, 1.82) is 0 Å². The van der Waals surface area contributed by atoms with Gasteiger partial charge in [-0.3, -0.25) is 0 Å². The molecule has 1 heterocycles. The second kappa shape index (κ2) is 9.04. The maximum absolute atomic E-state index is 8.74. The first-order chi connectivity index (χ1) is 7.77. The van der Waals surface area contributed by atoms with E-state index >= 15 is 0 Å². The summed E-state index contributed by atoms with van der Waals surface area (Å²) in [6, 6.07) is 0. The fourth-order valence-electron chi connectivity index (χ4n) is 1.53. The minimum absolute atomic E-state index is 0.902. The molecule has 1 rings (SSSR count). The molecule has 0 aromatic carbocycles. The zero-order valence-corrected chi connectivity index (χ0v) is 10.7. The molecule has 16 heavy (non-hydrogen) atoms. The fraction of sp³-hybridized carbons (Fsp3) is 0.538. The SMILES string of the molecule is CC.CO/C=C/C1=C(/C=C/O)CCN(C)C1. The summed E-state index contributed by atoms with van der Waals surface area (Å²) in [7, 11) is 3.71. The molecule has 1 N–H and O–H groups in total. The van der Waals surface area contributed by atoms with Gasteiger partial charge in [0.05, 0.1) is 19.6 Å². The van der Waals surface area contributed by atoms with Gasteiger partial charge in [-0.25, -0.2) is 0 Å². The number of ether oxygens (including phenoxy) is 1. The summed E-state index contributed by atoms with van der Waals surface area (Å²) in [4.78, 5) is 2.24. The van der Waals surface area contributed by atoms with Gasteiger partial charge in [0.25, 0.3) is 0 Å². The van der Waals surface area contributed by atoms with Crippen LogP contribution in [0.4, 0.5) is 0 Å². The number of aliphatic hydroxyl groups excluding tert-OH is 1. The van der Waals surface area contributed by atoms with Crippen molar-refractivity contribution in [3.8, 4) is 0 Å². The molecule has 0 aromatic heterocycles. The number of rotatable bonds is 3. The number of likely N-dealkylation sites (N-methyl/N-ethyl adjacent to an activating group) is 1. The van der Waals surface area contributed by atoms with E-state index < -0.39 is 0 Å². The lowest BCUT2D eigenvalue weighted by Gasteiger charge is -2.24. The molecular weight excluding hydrogens is 202 g/mol. The molecule has 0 spiro atoms. The number of hydrogen-bond donors (Lipinski definition) is 1. The maximum atomic E-state index is 8.74. The summed E-state index contributed by atoms with van der Waals surface area (Å²) in [6.45, 7) is 5.93. The van der Waals surface area contributed by atoms with Gasteiger partial charge in [-0.2, -0.15) is 0 Å². The largest absolute Gasteiger partial charge is 0.516 e. The second-order valence-corrected chi connectivity index (χ2v) is 3.39. The Labute approximate surface area is 98.7 Å². The smallest absolute Gasteiger partial charge is 0.0827 e. The third-order valence-corrected chi connectivity index (χ3v) is 2.30. The monoisotopic (exact) mass is 225 g/mol. The molecule has 1 aliphatic heterocycles. The number of hydrogen-bond acceptors (Lipinski definition) is 3. The first-order valence-corrected chi connectivity index (χ1v) is 5.68. The highest BCUT2D eigenvalue weighted by Gasteiger charge is 2.12. The van der Waals surface area contributed by atoms with Gasteiger partial charge in [0.15, 0.2) is 0 Å². The van der Waals surface area contributed by atoms with E-state index in [1.54, 1.807) is 19.4 Å². The molecule has 3 nitrogen and oxygen atoms in total. The molecule has 0 fully saturated rings. The average Bonchev–Trinajstić information content (AvgIpc) is 2.32. The van der Waals surface area contributed by atoms with Gasteiger partial charge in [0, 0.05) is 13.1 Å². The van der Waals surface area contributed by atoms with Gasteiger partial charge >= 0.3 is 0 Å². The summed E-state index contributed by atoms with van der Waals surface area (Å²) in [6.07, 6.45) is 7.44. The minimum Gasteiger partial charge on any atom is -0.516 e. The Kier molecular flexibility index (Phi) is 8.35. The lowest BCUT2D eigenvalue weighted by atomic mass is 10.0. The summed E-state index contributed by atoms with van der Waals surface area (Å²) in [5.41, 5.74) is 2.38. The molecule has 0 saturated heterocycles. The molecule has 92 valence electrons. The number of allylic oxidation sites excluding steroid dienone is 1. The van der Waals surface area contributed by atoms with Gasteiger partial charge in [-0.15, -0.1) is 0 Å². The molecule has 1 aliphatic rings. The first kappa shape index (κ1) is 14.8. The van der Waals surface area contributed by atoms with Crippen LogP contribution in [0, 0.1) is 0 Å². The van der Waals surface area contributed by atoms with Gasteiger partial charge in [-0.1, -0.05) is 13.8 Å². The highest BCUT2D eigenvalue weighted by Crippen LogP contribution is 2.18. The van der Waals surface area contributed by atoms with E-state index in [0.29, 0.717) is 0 Å². The maximum Gasteiger partial charge on any atom is 0.0827 e. The van der Waals surface area contributed by atoms with E-state index in [0.717, 1.165) is 25.8 Å². The molecule has 0 saturated carbocycles. The van der Waals surface area contributed by atoms with Crippen LogP contribution in [0.25, 0.3) is 0 Å². The van der Waals surface area contributed by atoms with E-state index in [-0.39, 0.29) is 0 Å². The van der Waals surface area contributed by atoms with Crippen molar-refractivity contribution in [2.24, 2.45) is 0 Å². The third-order valence-electron chi connectivity index (χ3n) is 2.30. The highest BCUT2D eigenvalue weighted by atomic mass is 16.5. The summed E-state index contributed by atoms with van der Waals surface area (Å²) in [5, 5.41) is 8.74. The predicted molar refractivity (Wildman–Crippen MR) is 68.4 cm³/mol. The van der Waals surface area contributed by atoms with E-state index in [1.807, 2.05) is 19.9 Å². The minimum atomic E-state index is 0.902. The van der Waals surface area contributed by atoms with Crippen molar-refractivity contribution >= 4 is 0 Å². The van der Waals surface area contributed by atoms with Gasteiger partial charge in [-0.05, 0) is 36.8 Å². The van der Waals surface area contributed by atoms with Crippen LogP contribution in [-0.2, 0) is 4.74 Å². The Morgan fingerprint density at radius 2 is 1.94 bits per heavy atom. The molecule has 0 amide bonds. The van der Waals surface area contributed by atoms with E-state index in [1.165, 1.54) is 11.1 Å². The van der Waals surface area contributed by atoms with Crippen molar-refractivity contribution in [1.82, 2.24) is 4.90 Å². The molecular formula is C13H23NO2. The second-order valence-electron chi connectivity index (χ2n) is 3.39. The highest BCUT2D eigenvalue weighted by molar-refractivity contribution is 5.35. The zero-order valence-electron chi connectivity index (χ0n) is 10.7. The van der Waals surface area contributed by atoms with Crippen LogP contribution >= 0.6 is 0 Å². The Hall–Kier alpha value is -1.22. The lowest BCUT2D eigenvalue weighted by Crippen LogP contribution is -2.27. The predicted octanol–water partition coefficient (Wildman–Crippen LogP) is 2.88. The summed E-state index contributed by atoms with van der Waals surface area (Å²) in [5.74, 6) is 0. The van der Waals surface area contributed by atoms with Crippen molar-refractivity contribution in [3.63, 3.8) is 0 Å². The summed E-state index contributed by atoms with van der Waals surface area (Å²) < 4.78 is 4.89. The molecule has 0 radical (unpaired) electrons. The molecule has 0 aromatic rings. The van der Waals surface area contributed by atoms with Crippen LogP contribution in [0.2, 0.25) is 0 Å². The van der Waals surface area contributed by atoms with E-state index in [9.17, 15) is 0 Å². The van der Waals surface area contributed by atoms with Crippen LogP contribution in [-0.4, -0.2) is 37.3 Å². The average molecular weight is 225 g/mol. The third kappa shape index (κ3) is 5.03. The Morgan fingerprint density at radius 1 is 1.25 bits per heavy atom. The molecule has 0 unspecified atom stereocenters. The van der Waals surface area contributed by atoms with Crippen LogP contribution in [0.1, 0.15) is 20.3 Å². The quantitative estimate of drug-likeness (QED) is 0.750. The Balaban J connectivity index is 0.00000106. The van der Waals surface area contributed by atoms with Gasteiger partial charge < -0.3 is 14.7 Å². The fourth-order valence-corrected chi connectivity index (χ4v) is 1.53. The van der Waals surface area contributed by atoms with Crippen LogP contribution in [0.3, 0.4) is 0 Å². The van der Waals surface area contributed by atoms with Crippen LogP contribution in [0.15, 0.2) is 35.8 Å². The van der Waals surface area contributed by atoms with Crippen molar-refractivity contribution in [2.75, 3.05) is 27.2 Å².